The smallest absolute Gasteiger partial charge is 0.253 e. The molecule has 3 heterocycles. The van der Waals surface area contributed by atoms with Crippen molar-refractivity contribution < 1.29 is 4.79 Å². The second-order valence-corrected chi connectivity index (χ2v) is 5.44. The number of nitrogens with one attached hydrogen (secondary N) is 1. The van der Waals surface area contributed by atoms with Gasteiger partial charge in [-0.25, -0.2) is 4.98 Å². The van der Waals surface area contributed by atoms with Gasteiger partial charge >= 0.3 is 0 Å². The van der Waals surface area contributed by atoms with Crippen LogP contribution in [0.3, 0.4) is 0 Å². The Kier molecular flexibility index (Phi) is 3.38. The molecule has 1 aromatic rings. The van der Waals surface area contributed by atoms with Crippen molar-refractivity contribution in [3.63, 3.8) is 0 Å². The van der Waals surface area contributed by atoms with Crippen LogP contribution in [0.1, 0.15) is 36.0 Å². The van der Waals surface area contributed by atoms with Crippen LogP contribution in [0.5, 0.6) is 0 Å². The van der Waals surface area contributed by atoms with Gasteiger partial charge in [-0.05, 0) is 37.9 Å². The number of amides is 1. The van der Waals surface area contributed by atoms with Crippen molar-refractivity contribution in [1.29, 1.82) is 0 Å². The van der Waals surface area contributed by atoms with Crippen LogP contribution in [0.2, 0.25) is 0 Å². The fourth-order valence-electron chi connectivity index (χ4n) is 3.21. The minimum atomic E-state index is -0.0371. The maximum Gasteiger partial charge on any atom is 0.253 e. The number of nitrogen functional groups attached to an aromatic ring is 1. The Morgan fingerprint density at radius 2 is 2.21 bits per heavy atom. The summed E-state index contributed by atoms with van der Waals surface area (Å²) >= 11 is 0. The summed E-state index contributed by atoms with van der Waals surface area (Å²) in [5.41, 5.74) is 6.11. The van der Waals surface area contributed by atoms with Crippen LogP contribution in [0.25, 0.3) is 0 Å². The predicted octanol–water partition coefficient (Wildman–Crippen LogP) is 1.02. The number of aromatic nitrogens is 1. The molecule has 1 amide bonds. The van der Waals surface area contributed by atoms with Gasteiger partial charge in [0.15, 0.2) is 0 Å². The Morgan fingerprint density at radius 3 is 3.00 bits per heavy atom. The zero-order valence-electron chi connectivity index (χ0n) is 11.0. The van der Waals surface area contributed by atoms with Crippen LogP contribution in [0.4, 0.5) is 5.82 Å². The molecule has 2 aliphatic rings. The average molecular weight is 260 g/mol. The number of carbonyl (C=O) groups excluding carboxylic acids is 1. The van der Waals surface area contributed by atoms with Gasteiger partial charge in [-0.2, -0.15) is 0 Å². The first-order valence-electron chi connectivity index (χ1n) is 7.00. The van der Waals surface area contributed by atoms with Gasteiger partial charge in [-0.3, -0.25) is 9.69 Å². The number of piperidine rings is 1. The number of nitrogens with two attached hydrogens (primary N) is 1. The zero-order chi connectivity index (χ0) is 13.2. The molecule has 0 aromatic carbocycles. The van der Waals surface area contributed by atoms with Crippen molar-refractivity contribution in [3.8, 4) is 0 Å². The number of hydrogen-bond acceptors (Lipinski definition) is 4. The molecular formula is C14H20N4O. The van der Waals surface area contributed by atoms with E-state index < -0.39 is 0 Å². The highest BCUT2D eigenvalue weighted by molar-refractivity contribution is 5.94. The number of hydrogen-bond donors (Lipinski definition) is 2. The minimum Gasteiger partial charge on any atom is -0.384 e. The van der Waals surface area contributed by atoms with Gasteiger partial charge in [0.1, 0.15) is 5.82 Å². The SMILES string of the molecule is Nc1ccc(C(=O)NC2CCN3CCCCC23)cn1. The van der Waals surface area contributed by atoms with E-state index in [9.17, 15) is 4.79 Å². The molecule has 0 saturated carbocycles. The van der Waals surface area contributed by atoms with Gasteiger partial charge in [0.05, 0.1) is 5.56 Å². The second-order valence-electron chi connectivity index (χ2n) is 5.44. The highest BCUT2D eigenvalue weighted by Gasteiger charge is 2.36. The molecule has 0 aliphatic carbocycles. The summed E-state index contributed by atoms with van der Waals surface area (Å²) in [6, 6.07) is 4.20. The predicted molar refractivity (Wildman–Crippen MR) is 73.7 cm³/mol. The van der Waals surface area contributed by atoms with E-state index in [0.29, 0.717) is 17.4 Å². The number of carbonyl (C=O) groups is 1. The van der Waals surface area contributed by atoms with Crippen molar-refractivity contribution >= 4 is 11.7 Å². The third-order valence-electron chi connectivity index (χ3n) is 4.22. The third kappa shape index (κ3) is 2.56. The van der Waals surface area contributed by atoms with Crippen molar-refractivity contribution in [2.75, 3.05) is 18.8 Å². The number of rotatable bonds is 2. The van der Waals surface area contributed by atoms with Crippen LogP contribution in [0, 0.1) is 0 Å². The molecule has 19 heavy (non-hydrogen) atoms. The first-order chi connectivity index (χ1) is 9.24. The molecule has 3 N–H and O–H groups in total. The Balaban J connectivity index is 1.65. The topological polar surface area (TPSA) is 71.2 Å². The summed E-state index contributed by atoms with van der Waals surface area (Å²) in [7, 11) is 0. The van der Waals surface area contributed by atoms with Crippen LogP contribution in [-0.2, 0) is 0 Å². The lowest BCUT2D eigenvalue weighted by atomic mass is 9.99. The number of fused-ring (bicyclic) bond motifs is 1. The molecule has 2 unspecified atom stereocenters. The minimum absolute atomic E-state index is 0.0371. The molecule has 0 spiro atoms. The van der Waals surface area contributed by atoms with Gasteiger partial charge < -0.3 is 11.1 Å². The molecule has 2 atom stereocenters. The average Bonchev–Trinajstić information content (AvgIpc) is 2.83. The maximum atomic E-state index is 12.2. The van der Waals surface area contributed by atoms with E-state index in [1.54, 1.807) is 12.1 Å². The Labute approximate surface area is 113 Å². The van der Waals surface area contributed by atoms with Crippen LogP contribution in [0.15, 0.2) is 18.3 Å². The Bertz CT molecular complexity index is 459. The molecule has 0 radical (unpaired) electrons. The Hall–Kier alpha value is -1.62. The first kappa shape index (κ1) is 12.4. The van der Waals surface area contributed by atoms with Crippen molar-refractivity contribution in [2.45, 2.75) is 37.8 Å². The summed E-state index contributed by atoms with van der Waals surface area (Å²) in [4.78, 5) is 18.6. The number of anilines is 1. The largest absolute Gasteiger partial charge is 0.384 e. The molecule has 1 aromatic heterocycles. The summed E-state index contributed by atoms with van der Waals surface area (Å²) in [6.07, 6.45) is 6.36. The molecule has 0 bridgehead atoms. The van der Waals surface area contributed by atoms with Gasteiger partial charge in [-0.1, -0.05) is 6.42 Å². The maximum absolute atomic E-state index is 12.2. The van der Waals surface area contributed by atoms with Gasteiger partial charge in [-0.15, -0.1) is 0 Å². The van der Waals surface area contributed by atoms with Gasteiger partial charge in [0.2, 0.25) is 0 Å². The van der Waals surface area contributed by atoms with E-state index >= 15 is 0 Å². The lowest BCUT2D eigenvalue weighted by Gasteiger charge is -2.32. The molecule has 102 valence electrons. The highest BCUT2D eigenvalue weighted by Crippen LogP contribution is 2.27. The van der Waals surface area contributed by atoms with E-state index in [4.69, 9.17) is 5.73 Å². The van der Waals surface area contributed by atoms with Gasteiger partial charge in [0.25, 0.3) is 5.91 Å². The van der Waals surface area contributed by atoms with Crippen LogP contribution < -0.4 is 11.1 Å². The highest BCUT2D eigenvalue weighted by atomic mass is 16.1. The lowest BCUT2D eigenvalue weighted by molar-refractivity contribution is 0.0915. The van der Waals surface area contributed by atoms with E-state index in [-0.39, 0.29) is 11.9 Å². The lowest BCUT2D eigenvalue weighted by Crippen LogP contribution is -2.46. The second kappa shape index (κ2) is 5.17. The third-order valence-corrected chi connectivity index (χ3v) is 4.22. The summed E-state index contributed by atoms with van der Waals surface area (Å²) in [5, 5.41) is 3.15. The normalized spacial score (nSPS) is 26.9. The summed E-state index contributed by atoms with van der Waals surface area (Å²) in [6.45, 7) is 2.29. The molecule has 3 rings (SSSR count). The van der Waals surface area contributed by atoms with E-state index in [0.717, 1.165) is 13.0 Å². The first-order valence-corrected chi connectivity index (χ1v) is 7.00. The summed E-state index contributed by atoms with van der Waals surface area (Å²) in [5.74, 6) is 0.404. The molecule has 5 nitrogen and oxygen atoms in total. The van der Waals surface area contributed by atoms with Gasteiger partial charge in [0, 0.05) is 24.8 Å². The van der Waals surface area contributed by atoms with Crippen LogP contribution in [-0.4, -0.2) is 41.0 Å². The molecule has 5 heteroatoms. The van der Waals surface area contributed by atoms with Crippen LogP contribution >= 0.6 is 0 Å². The number of nitrogens with zero attached hydrogens (tertiary/aromatic N) is 2. The fraction of sp³-hybridized carbons (Fsp3) is 0.571. The van der Waals surface area contributed by atoms with E-state index in [1.165, 1.54) is 32.0 Å². The Morgan fingerprint density at radius 1 is 1.32 bits per heavy atom. The molecule has 2 saturated heterocycles. The van der Waals surface area contributed by atoms with Crippen molar-refractivity contribution in [1.82, 2.24) is 15.2 Å². The monoisotopic (exact) mass is 260 g/mol. The van der Waals surface area contributed by atoms with E-state index in [1.807, 2.05) is 0 Å². The molecule has 2 fully saturated rings. The standard InChI is InChI=1S/C14H20N4O/c15-13-5-4-10(9-16-13)14(19)17-11-6-8-18-7-2-1-3-12(11)18/h4-5,9,11-12H,1-3,6-8H2,(H2,15,16)(H,17,19). The van der Waals surface area contributed by atoms with Crippen molar-refractivity contribution in [3.05, 3.63) is 23.9 Å². The van der Waals surface area contributed by atoms with Crippen molar-refractivity contribution in [2.24, 2.45) is 0 Å². The number of pyridine rings is 1. The molecular weight excluding hydrogens is 240 g/mol. The summed E-state index contributed by atoms with van der Waals surface area (Å²) < 4.78 is 0. The fourth-order valence-corrected chi connectivity index (χ4v) is 3.21. The van der Waals surface area contributed by atoms with E-state index in [2.05, 4.69) is 15.2 Å². The zero-order valence-corrected chi connectivity index (χ0v) is 11.0. The quantitative estimate of drug-likeness (QED) is 0.833. The molecule has 2 aliphatic heterocycles.